The van der Waals surface area contributed by atoms with E-state index in [-0.39, 0.29) is 0 Å². The van der Waals surface area contributed by atoms with Crippen LogP contribution in [0.4, 0.5) is 0 Å². The Labute approximate surface area is 190 Å². The van der Waals surface area contributed by atoms with Gasteiger partial charge in [-0.2, -0.15) is 0 Å². The molecule has 1 saturated carbocycles. The zero-order valence-electron chi connectivity index (χ0n) is 18.5. The van der Waals surface area contributed by atoms with E-state index in [1.165, 1.54) is 36.8 Å². The lowest BCUT2D eigenvalue weighted by Crippen LogP contribution is -2.26. The van der Waals surface area contributed by atoms with E-state index < -0.39 is 0 Å². The molecule has 166 valence electrons. The van der Waals surface area contributed by atoms with Crippen molar-refractivity contribution in [3.63, 3.8) is 0 Å². The third kappa shape index (κ3) is 5.65. The number of hydrogen-bond acceptors (Lipinski definition) is 4. The summed E-state index contributed by atoms with van der Waals surface area (Å²) in [4.78, 5) is 8.74. The maximum atomic E-state index is 6.37. The second-order valence-electron chi connectivity index (χ2n) is 8.65. The van der Waals surface area contributed by atoms with Gasteiger partial charge in [0.2, 0.25) is 0 Å². The highest BCUT2D eigenvalue weighted by molar-refractivity contribution is 6.34. The third-order valence-corrected chi connectivity index (χ3v) is 6.79. The molecule has 31 heavy (non-hydrogen) atoms. The fourth-order valence-corrected chi connectivity index (χ4v) is 5.05. The Morgan fingerprint density at radius 1 is 1.06 bits per heavy atom. The zero-order chi connectivity index (χ0) is 21.5. The second-order valence-corrected chi connectivity index (χ2v) is 9.01. The number of benzene rings is 1. The fraction of sp³-hybridized carbons (Fsp3) is 0.520. The Hall–Kier alpha value is -1.95. The molecule has 4 rings (SSSR count). The minimum absolute atomic E-state index is 0.514. The molecule has 5 nitrogen and oxygen atoms in total. The highest BCUT2D eigenvalue weighted by atomic mass is 35.5. The van der Waals surface area contributed by atoms with Crippen molar-refractivity contribution in [1.82, 2.24) is 25.2 Å². The van der Waals surface area contributed by atoms with Crippen LogP contribution in [0.25, 0.3) is 11.0 Å². The number of fused-ring (bicyclic) bond motifs is 1. The van der Waals surface area contributed by atoms with Gasteiger partial charge in [0.1, 0.15) is 17.1 Å². The zero-order valence-corrected chi connectivity index (χ0v) is 19.2. The topological polar surface area (TPSA) is 54.8 Å². The maximum absolute atomic E-state index is 6.37. The standard InChI is InChI=1S/C25H34ClN5/c1-2-21-17-31(25-23(21)24(26)29-18-30-25)22-10-9-20(15-22)16-28-13-6-12-27-14-11-19-7-4-3-5-8-19/h3-5,7-8,17-18,20,22,27-28H,2,6,9-16H2,1H3. The van der Waals surface area contributed by atoms with Crippen LogP contribution in [0, 0.1) is 5.92 Å². The van der Waals surface area contributed by atoms with Crippen LogP contribution in [0.1, 0.15) is 49.8 Å². The largest absolute Gasteiger partial charge is 0.329 e. The molecule has 1 aliphatic rings. The van der Waals surface area contributed by atoms with Gasteiger partial charge in [0.15, 0.2) is 0 Å². The third-order valence-electron chi connectivity index (χ3n) is 6.50. The molecule has 0 spiro atoms. The Balaban J connectivity index is 1.16. The molecule has 0 amide bonds. The minimum Gasteiger partial charge on any atom is -0.329 e. The molecule has 1 aliphatic carbocycles. The van der Waals surface area contributed by atoms with Gasteiger partial charge in [0, 0.05) is 12.2 Å². The van der Waals surface area contributed by atoms with Gasteiger partial charge in [-0.3, -0.25) is 0 Å². The quantitative estimate of drug-likeness (QED) is 0.333. The number of halogens is 1. The lowest BCUT2D eigenvalue weighted by Gasteiger charge is -2.15. The summed E-state index contributed by atoms with van der Waals surface area (Å²) in [5, 5.41) is 8.84. The Kier molecular flexibility index (Phi) is 7.95. The molecule has 2 N–H and O–H groups in total. The first-order chi connectivity index (χ1) is 15.3. The van der Waals surface area contributed by atoms with Crippen molar-refractivity contribution < 1.29 is 0 Å². The lowest BCUT2D eigenvalue weighted by atomic mass is 10.1. The number of hydrogen-bond donors (Lipinski definition) is 2. The normalized spacial score (nSPS) is 18.8. The van der Waals surface area contributed by atoms with Crippen molar-refractivity contribution in [2.24, 2.45) is 5.92 Å². The van der Waals surface area contributed by atoms with Gasteiger partial charge in [0.05, 0.1) is 5.39 Å². The van der Waals surface area contributed by atoms with Crippen molar-refractivity contribution in [2.45, 2.75) is 51.5 Å². The molecule has 0 radical (unpaired) electrons. The average molecular weight is 440 g/mol. The summed E-state index contributed by atoms with van der Waals surface area (Å²) in [5.41, 5.74) is 3.65. The molecule has 0 bridgehead atoms. The molecule has 2 unspecified atom stereocenters. The van der Waals surface area contributed by atoms with Gasteiger partial charge in [0.25, 0.3) is 0 Å². The first kappa shape index (κ1) is 22.3. The van der Waals surface area contributed by atoms with Crippen LogP contribution in [0.15, 0.2) is 42.9 Å². The predicted molar refractivity (Wildman–Crippen MR) is 129 cm³/mol. The van der Waals surface area contributed by atoms with Crippen LogP contribution in [0.5, 0.6) is 0 Å². The number of nitrogens with zero attached hydrogens (tertiary/aromatic N) is 3. The van der Waals surface area contributed by atoms with E-state index in [2.05, 4.69) is 68.6 Å². The molecule has 6 heteroatoms. The van der Waals surface area contributed by atoms with Crippen LogP contribution in [-0.4, -0.2) is 40.7 Å². The Bertz CT molecular complexity index is 955. The summed E-state index contributed by atoms with van der Waals surface area (Å²) in [6, 6.07) is 11.2. The van der Waals surface area contributed by atoms with Crippen LogP contribution < -0.4 is 10.6 Å². The summed E-state index contributed by atoms with van der Waals surface area (Å²) < 4.78 is 2.36. The molecule has 2 heterocycles. The predicted octanol–water partition coefficient (Wildman–Crippen LogP) is 4.80. The SMILES string of the molecule is CCc1cn(C2CCC(CNCCCNCCc3ccccc3)C2)c2ncnc(Cl)c12. The first-order valence-electron chi connectivity index (χ1n) is 11.7. The van der Waals surface area contributed by atoms with Gasteiger partial charge in [-0.15, -0.1) is 0 Å². The Morgan fingerprint density at radius 3 is 2.74 bits per heavy atom. The van der Waals surface area contributed by atoms with Crippen LogP contribution in [0.3, 0.4) is 0 Å². The number of rotatable bonds is 11. The molecule has 0 aliphatic heterocycles. The van der Waals surface area contributed by atoms with Crippen molar-refractivity contribution in [3.8, 4) is 0 Å². The maximum Gasteiger partial charge on any atom is 0.145 e. The number of aromatic nitrogens is 3. The molecular formula is C25H34ClN5. The van der Waals surface area contributed by atoms with Crippen molar-refractivity contribution in [3.05, 3.63) is 59.1 Å². The smallest absolute Gasteiger partial charge is 0.145 e. The highest BCUT2D eigenvalue weighted by Crippen LogP contribution is 2.38. The lowest BCUT2D eigenvalue weighted by molar-refractivity contribution is 0.451. The van der Waals surface area contributed by atoms with E-state index in [9.17, 15) is 0 Å². The van der Waals surface area contributed by atoms with Crippen LogP contribution in [-0.2, 0) is 12.8 Å². The van der Waals surface area contributed by atoms with Crippen LogP contribution >= 0.6 is 11.6 Å². The van der Waals surface area contributed by atoms with Gasteiger partial charge < -0.3 is 15.2 Å². The van der Waals surface area contributed by atoms with Gasteiger partial charge in [-0.25, -0.2) is 9.97 Å². The van der Waals surface area contributed by atoms with Crippen molar-refractivity contribution in [1.29, 1.82) is 0 Å². The summed E-state index contributed by atoms with van der Waals surface area (Å²) >= 11 is 6.37. The molecular weight excluding hydrogens is 406 g/mol. The molecule has 2 aromatic heterocycles. The number of nitrogens with one attached hydrogen (secondary N) is 2. The molecule has 3 aromatic rings. The van der Waals surface area contributed by atoms with Crippen LogP contribution in [0.2, 0.25) is 5.15 Å². The highest BCUT2D eigenvalue weighted by Gasteiger charge is 2.27. The summed E-state index contributed by atoms with van der Waals surface area (Å²) in [5.74, 6) is 0.732. The molecule has 1 aromatic carbocycles. The van der Waals surface area contributed by atoms with E-state index in [0.717, 1.165) is 56.0 Å². The Morgan fingerprint density at radius 2 is 1.90 bits per heavy atom. The van der Waals surface area contributed by atoms with Gasteiger partial charge in [-0.05, 0) is 81.7 Å². The molecule has 0 saturated heterocycles. The summed E-state index contributed by atoms with van der Waals surface area (Å²) in [6.45, 7) is 6.47. The monoisotopic (exact) mass is 439 g/mol. The molecule has 2 atom stereocenters. The summed E-state index contributed by atoms with van der Waals surface area (Å²) in [6.07, 6.45) is 10.7. The average Bonchev–Trinajstić information content (AvgIpc) is 3.41. The van der Waals surface area contributed by atoms with E-state index >= 15 is 0 Å². The van der Waals surface area contributed by atoms with E-state index in [1.807, 2.05) is 0 Å². The van der Waals surface area contributed by atoms with E-state index in [4.69, 9.17) is 11.6 Å². The van der Waals surface area contributed by atoms with E-state index in [0.29, 0.717) is 11.2 Å². The van der Waals surface area contributed by atoms with Crippen molar-refractivity contribution in [2.75, 3.05) is 26.2 Å². The van der Waals surface area contributed by atoms with Crippen molar-refractivity contribution >= 4 is 22.6 Å². The van der Waals surface area contributed by atoms with E-state index in [1.54, 1.807) is 6.33 Å². The minimum atomic E-state index is 0.514. The second kappa shape index (κ2) is 11.1. The fourth-order valence-electron chi connectivity index (χ4n) is 4.80. The number of aryl methyl sites for hydroxylation is 1. The molecule has 1 fully saturated rings. The first-order valence-corrected chi connectivity index (χ1v) is 12.1. The summed E-state index contributed by atoms with van der Waals surface area (Å²) in [7, 11) is 0. The van der Waals surface area contributed by atoms with Gasteiger partial charge >= 0.3 is 0 Å². The van der Waals surface area contributed by atoms with Gasteiger partial charge in [-0.1, -0.05) is 48.9 Å².